The van der Waals surface area contributed by atoms with E-state index >= 15 is 0 Å². The van der Waals surface area contributed by atoms with Crippen LogP contribution in [0.1, 0.15) is 12.0 Å². The molecule has 0 bridgehead atoms. The van der Waals surface area contributed by atoms with Gasteiger partial charge in [-0.1, -0.05) is 55.5 Å². The summed E-state index contributed by atoms with van der Waals surface area (Å²) < 4.78 is 6.68. The van der Waals surface area contributed by atoms with E-state index in [9.17, 15) is 14.7 Å². The predicted octanol–water partition coefficient (Wildman–Crippen LogP) is 5.60. The third-order valence-corrected chi connectivity index (χ3v) is 8.31. The van der Waals surface area contributed by atoms with Crippen molar-refractivity contribution < 1.29 is 14.6 Å². The molecule has 186 valence electrons. The van der Waals surface area contributed by atoms with Crippen LogP contribution in [0.4, 0.5) is 5.69 Å². The van der Waals surface area contributed by atoms with Gasteiger partial charge >= 0.3 is 0 Å². The molecule has 2 aromatic carbocycles. The number of anilines is 1. The summed E-state index contributed by atoms with van der Waals surface area (Å²) in [6.07, 6.45) is 1.25. The van der Waals surface area contributed by atoms with Gasteiger partial charge in [-0.2, -0.15) is 4.98 Å². The van der Waals surface area contributed by atoms with E-state index in [2.05, 4.69) is 29.9 Å². The zero-order valence-electron chi connectivity index (χ0n) is 20.3. The molecule has 0 unspecified atom stereocenters. The quantitative estimate of drug-likeness (QED) is 0.201. The van der Waals surface area contributed by atoms with Gasteiger partial charge in [-0.3, -0.25) is 14.2 Å². The summed E-state index contributed by atoms with van der Waals surface area (Å²) in [7, 11) is 0.284. The predicted molar refractivity (Wildman–Crippen MR) is 145 cm³/mol. The molecule has 0 spiro atoms. The number of thioether (sulfide) groups is 1. The van der Waals surface area contributed by atoms with Crippen molar-refractivity contribution in [3.05, 3.63) is 69.5 Å². The van der Waals surface area contributed by atoms with Crippen molar-refractivity contribution in [3.63, 3.8) is 0 Å². The minimum Gasteiger partial charge on any atom is -0.497 e. The first-order valence-electron chi connectivity index (χ1n) is 11.2. The van der Waals surface area contributed by atoms with E-state index in [1.165, 1.54) is 4.57 Å². The molecule has 7 nitrogen and oxygen atoms in total. The number of halogens is 1. The first-order valence-corrected chi connectivity index (χ1v) is 16.3. The fraction of sp³-hybridized carbons (Fsp3) is 0.320. The number of methoxy groups -OCH3 is 1. The first kappa shape index (κ1) is 26.8. The van der Waals surface area contributed by atoms with Crippen LogP contribution < -0.4 is 15.6 Å². The monoisotopic (exact) mass is 531 g/mol. The number of rotatable bonds is 10. The van der Waals surface area contributed by atoms with Crippen molar-refractivity contribution >= 4 is 43.0 Å². The molecule has 35 heavy (non-hydrogen) atoms. The second-order valence-corrected chi connectivity index (χ2v) is 16.3. The summed E-state index contributed by atoms with van der Waals surface area (Å²) in [5.74, 6) is 0.0996. The minimum absolute atomic E-state index is 0.000365. The molecule has 3 aromatic rings. The van der Waals surface area contributed by atoms with Gasteiger partial charge in [0.25, 0.3) is 5.56 Å². The molecule has 0 atom stereocenters. The highest BCUT2D eigenvalue weighted by Crippen LogP contribution is 2.25. The topological polar surface area (TPSA) is 93.4 Å². The van der Waals surface area contributed by atoms with E-state index in [0.717, 1.165) is 24.2 Å². The van der Waals surface area contributed by atoms with Gasteiger partial charge < -0.3 is 15.2 Å². The van der Waals surface area contributed by atoms with Crippen LogP contribution in [0.2, 0.25) is 30.7 Å². The Labute approximate surface area is 215 Å². The van der Waals surface area contributed by atoms with Gasteiger partial charge in [0.2, 0.25) is 11.8 Å². The van der Waals surface area contributed by atoms with E-state index in [1.54, 1.807) is 55.6 Å². The molecule has 3 rings (SSSR count). The summed E-state index contributed by atoms with van der Waals surface area (Å²) in [5, 5.41) is 14.2. The maximum atomic E-state index is 13.5. The number of aromatic nitrogens is 2. The molecule has 0 saturated carbocycles. The highest BCUT2D eigenvalue weighted by atomic mass is 35.5. The molecule has 1 aromatic heterocycles. The lowest BCUT2D eigenvalue weighted by Crippen LogP contribution is -2.26. The lowest BCUT2D eigenvalue weighted by molar-refractivity contribution is -0.113. The number of nitrogens with zero attached hydrogens (tertiary/aromatic N) is 2. The summed E-state index contributed by atoms with van der Waals surface area (Å²) in [4.78, 5) is 30.3. The van der Waals surface area contributed by atoms with Crippen LogP contribution in [-0.4, -0.2) is 41.5 Å². The SMILES string of the molecule is COc1ccc(-n2c(SCC(=O)Nc3ccc(Cl)cc3)nc(O)c(CCC[Si](C)(C)C)c2=O)cc1. The van der Waals surface area contributed by atoms with Crippen LogP contribution in [0, 0.1) is 0 Å². The van der Waals surface area contributed by atoms with Gasteiger partial charge in [-0.15, -0.1) is 0 Å². The van der Waals surface area contributed by atoms with E-state index < -0.39 is 8.07 Å². The molecule has 10 heteroatoms. The van der Waals surface area contributed by atoms with Gasteiger partial charge in [0, 0.05) is 18.8 Å². The molecule has 0 aliphatic carbocycles. The number of ether oxygens (including phenoxy) is 1. The second-order valence-electron chi connectivity index (χ2n) is 9.29. The maximum absolute atomic E-state index is 13.5. The molecule has 0 aliphatic heterocycles. The van der Waals surface area contributed by atoms with E-state index in [-0.39, 0.29) is 33.8 Å². The largest absolute Gasteiger partial charge is 0.497 e. The molecule has 1 amide bonds. The molecular formula is C25H30ClN3O4SSi. The summed E-state index contributed by atoms with van der Waals surface area (Å²) in [6.45, 7) is 6.82. The highest BCUT2D eigenvalue weighted by Gasteiger charge is 2.20. The number of nitrogens with one attached hydrogen (secondary N) is 1. The van der Waals surface area contributed by atoms with Crippen molar-refractivity contribution in [2.24, 2.45) is 0 Å². The van der Waals surface area contributed by atoms with Gasteiger partial charge in [0.05, 0.1) is 24.1 Å². The van der Waals surface area contributed by atoms with Crippen LogP contribution in [-0.2, 0) is 11.2 Å². The summed E-state index contributed by atoms with van der Waals surface area (Å²) in [6, 6.07) is 14.8. The van der Waals surface area contributed by atoms with Crippen molar-refractivity contribution in [1.29, 1.82) is 0 Å². The first-order chi connectivity index (χ1) is 16.6. The van der Waals surface area contributed by atoms with Crippen molar-refractivity contribution in [1.82, 2.24) is 9.55 Å². The molecule has 2 N–H and O–H groups in total. The number of hydrogen-bond acceptors (Lipinski definition) is 6. The van der Waals surface area contributed by atoms with E-state index in [4.69, 9.17) is 16.3 Å². The Hall–Kier alpha value is -2.75. The third kappa shape index (κ3) is 7.61. The fourth-order valence-corrected chi connectivity index (χ4v) is 5.62. The number of aromatic hydroxyl groups is 1. The van der Waals surface area contributed by atoms with Crippen molar-refractivity contribution in [2.75, 3.05) is 18.2 Å². The molecule has 0 saturated heterocycles. The number of benzene rings is 2. The molecule has 1 heterocycles. The average Bonchev–Trinajstić information content (AvgIpc) is 2.80. The standard InChI is InChI=1S/C25H30ClN3O4SSi/c1-33-20-13-11-19(12-14-20)29-24(32)21(6-5-15-35(2,3)4)23(31)28-25(29)34-16-22(30)27-18-9-7-17(26)8-10-18/h7-14,31H,5-6,15-16H2,1-4H3,(H,27,30). The number of hydrogen-bond donors (Lipinski definition) is 2. The van der Waals surface area contributed by atoms with Crippen LogP contribution in [0.3, 0.4) is 0 Å². The third-order valence-electron chi connectivity index (χ3n) is 5.27. The van der Waals surface area contributed by atoms with Crippen molar-refractivity contribution in [2.45, 2.75) is 43.7 Å². The Morgan fingerprint density at radius 2 is 1.80 bits per heavy atom. The molecular weight excluding hydrogens is 502 g/mol. The number of amides is 1. The Morgan fingerprint density at radius 3 is 2.40 bits per heavy atom. The van der Waals surface area contributed by atoms with Crippen LogP contribution >= 0.6 is 23.4 Å². The number of carbonyl (C=O) groups is 1. The Kier molecular flexibility index (Phi) is 9.04. The lowest BCUT2D eigenvalue weighted by atomic mass is 10.2. The highest BCUT2D eigenvalue weighted by molar-refractivity contribution is 7.99. The minimum atomic E-state index is -1.29. The smallest absolute Gasteiger partial charge is 0.265 e. The van der Waals surface area contributed by atoms with Gasteiger partial charge in [-0.25, -0.2) is 0 Å². The van der Waals surface area contributed by atoms with E-state index in [1.807, 2.05) is 0 Å². The fourth-order valence-electron chi connectivity index (χ4n) is 3.46. The van der Waals surface area contributed by atoms with Crippen LogP contribution in [0.5, 0.6) is 11.6 Å². The Balaban J connectivity index is 1.89. The van der Waals surface area contributed by atoms with Gasteiger partial charge in [0.1, 0.15) is 5.75 Å². The van der Waals surface area contributed by atoms with Crippen molar-refractivity contribution in [3.8, 4) is 17.3 Å². The Morgan fingerprint density at radius 1 is 1.14 bits per heavy atom. The average molecular weight is 532 g/mol. The van der Waals surface area contributed by atoms with Gasteiger partial charge in [-0.05, 0) is 55.0 Å². The molecule has 0 aliphatic rings. The maximum Gasteiger partial charge on any atom is 0.265 e. The Bertz CT molecular complexity index is 1230. The second kappa shape index (κ2) is 11.8. The lowest BCUT2D eigenvalue weighted by Gasteiger charge is -2.17. The number of carbonyl (C=O) groups excluding carboxylic acids is 1. The molecule has 0 radical (unpaired) electrons. The molecule has 0 fully saturated rings. The van der Waals surface area contributed by atoms with Gasteiger partial charge in [0.15, 0.2) is 5.16 Å². The summed E-state index contributed by atoms with van der Waals surface area (Å²) in [5.41, 5.74) is 1.14. The van der Waals surface area contributed by atoms with E-state index in [0.29, 0.717) is 28.6 Å². The zero-order chi connectivity index (χ0) is 25.6. The normalized spacial score (nSPS) is 11.3. The van der Waals surface area contributed by atoms with Crippen LogP contribution in [0.25, 0.3) is 5.69 Å². The van der Waals surface area contributed by atoms with Crippen LogP contribution in [0.15, 0.2) is 58.5 Å². The summed E-state index contributed by atoms with van der Waals surface area (Å²) >= 11 is 6.97. The zero-order valence-corrected chi connectivity index (χ0v) is 22.9.